The number of amides is 2. The van der Waals surface area contributed by atoms with Crippen molar-refractivity contribution in [1.82, 2.24) is 10.9 Å². The number of halogens is 1. The van der Waals surface area contributed by atoms with Crippen molar-refractivity contribution in [3.05, 3.63) is 53.1 Å². The highest BCUT2D eigenvalue weighted by atomic mass is 35.5. The Morgan fingerprint density at radius 3 is 2.65 bits per heavy atom. The van der Waals surface area contributed by atoms with E-state index in [1.807, 2.05) is 0 Å². The number of rotatable bonds is 6. The van der Waals surface area contributed by atoms with E-state index in [0.717, 1.165) is 5.56 Å². The van der Waals surface area contributed by atoms with Crippen LogP contribution in [-0.4, -0.2) is 43.2 Å². The van der Waals surface area contributed by atoms with Gasteiger partial charge in [-0.2, -0.15) is 0 Å². The van der Waals surface area contributed by atoms with Gasteiger partial charge in [-0.3, -0.25) is 20.4 Å². The minimum absolute atomic E-state index is 0.00727. The monoisotopic (exact) mass is 448 g/mol. The summed E-state index contributed by atoms with van der Waals surface area (Å²) in [4.78, 5) is 36.1. The molecule has 164 valence electrons. The number of hydrogen-bond donors (Lipinski definition) is 2. The molecular weight excluding hydrogens is 428 g/mol. The van der Waals surface area contributed by atoms with E-state index in [-0.39, 0.29) is 6.61 Å². The number of hydrogen-bond acceptors (Lipinski definition) is 7. The van der Waals surface area contributed by atoms with Gasteiger partial charge in [0.1, 0.15) is 12.4 Å². The van der Waals surface area contributed by atoms with Gasteiger partial charge in [-0.25, -0.2) is 4.79 Å². The van der Waals surface area contributed by atoms with Crippen LogP contribution < -0.4 is 25.1 Å². The Bertz CT molecular complexity index is 982. The van der Waals surface area contributed by atoms with Gasteiger partial charge in [0, 0.05) is 5.02 Å². The molecule has 3 rings (SSSR count). The fourth-order valence-corrected chi connectivity index (χ4v) is 2.86. The predicted octanol–water partition coefficient (Wildman–Crippen LogP) is 1.95. The number of fused-ring (bicyclic) bond motifs is 1. The first-order valence-electron chi connectivity index (χ1n) is 9.40. The number of ether oxygens (including phenoxy) is 4. The zero-order valence-electron chi connectivity index (χ0n) is 16.8. The number of carbonyl (C=O) groups is 3. The molecule has 2 atom stereocenters. The van der Waals surface area contributed by atoms with Gasteiger partial charge in [-0.05, 0) is 49.7 Å². The molecule has 0 spiro atoms. The summed E-state index contributed by atoms with van der Waals surface area (Å²) in [7, 11) is 0. The number of nitrogens with one attached hydrogen (secondary N) is 2. The van der Waals surface area contributed by atoms with Crippen LogP contribution in [0.2, 0.25) is 5.02 Å². The lowest BCUT2D eigenvalue weighted by atomic mass is 10.2. The van der Waals surface area contributed by atoms with E-state index < -0.39 is 36.6 Å². The molecule has 0 saturated carbocycles. The van der Waals surface area contributed by atoms with Gasteiger partial charge >= 0.3 is 5.97 Å². The molecule has 0 saturated heterocycles. The minimum atomic E-state index is -0.949. The van der Waals surface area contributed by atoms with Gasteiger partial charge in [0.05, 0.1) is 0 Å². The first kappa shape index (κ1) is 22.2. The van der Waals surface area contributed by atoms with E-state index in [1.54, 1.807) is 49.4 Å². The molecule has 0 bridgehead atoms. The van der Waals surface area contributed by atoms with Crippen molar-refractivity contribution >= 4 is 29.4 Å². The number of para-hydroxylation sites is 2. The van der Waals surface area contributed by atoms with Crippen LogP contribution in [0.3, 0.4) is 0 Å². The highest BCUT2D eigenvalue weighted by Crippen LogP contribution is 2.30. The number of hydrazine groups is 1. The fourth-order valence-electron chi connectivity index (χ4n) is 2.63. The summed E-state index contributed by atoms with van der Waals surface area (Å²) < 4.78 is 21.4. The predicted molar refractivity (Wildman–Crippen MR) is 110 cm³/mol. The van der Waals surface area contributed by atoms with Gasteiger partial charge in [0.25, 0.3) is 11.8 Å². The highest BCUT2D eigenvalue weighted by molar-refractivity contribution is 6.30. The molecule has 2 aromatic carbocycles. The Hall–Kier alpha value is -3.46. The third-order valence-corrected chi connectivity index (χ3v) is 4.48. The van der Waals surface area contributed by atoms with E-state index >= 15 is 0 Å². The topological polar surface area (TPSA) is 112 Å². The summed E-state index contributed by atoms with van der Waals surface area (Å²) in [6.07, 6.45) is -1.89. The second-order valence-corrected chi connectivity index (χ2v) is 7.12. The van der Waals surface area contributed by atoms with Crippen LogP contribution in [0.25, 0.3) is 0 Å². The van der Waals surface area contributed by atoms with Crippen LogP contribution in [0.1, 0.15) is 12.5 Å². The molecule has 1 aliphatic heterocycles. The van der Waals surface area contributed by atoms with Gasteiger partial charge in [-0.15, -0.1) is 0 Å². The van der Waals surface area contributed by atoms with E-state index in [0.29, 0.717) is 22.3 Å². The van der Waals surface area contributed by atoms with Crippen LogP contribution in [0.5, 0.6) is 17.2 Å². The molecule has 0 radical (unpaired) electrons. The Labute approximate surface area is 183 Å². The average molecular weight is 449 g/mol. The SMILES string of the molecule is Cc1cc(Cl)ccc1OC(C)C(=O)OCC(=O)NNC(=O)C1COc2ccccc2O1. The van der Waals surface area contributed by atoms with E-state index in [4.69, 9.17) is 30.5 Å². The Balaban J connectivity index is 1.39. The van der Waals surface area contributed by atoms with Crippen LogP contribution in [0.4, 0.5) is 0 Å². The molecule has 2 unspecified atom stereocenters. The lowest BCUT2D eigenvalue weighted by Gasteiger charge is -2.25. The lowest BCUT2D eigenvalue weighted by Crippen LogP contribution is -2.51. The van der Waals surface area contributed by atoms with Gasteiger partial charge < -0.3 is 18.9 Å². The summed E-state index contributed by atoms with van der Waals surface area (Å²) in [6, 6.07) is 11.9. The van der Waals surface area contributed by atoms with Crippen molar-refractivity contribution in [2.75, 3.05) is 13.2 Å². The molecule has 1 aliphatic rings. The number of esters is 1. The summed E-state index contributed by atoms with van der Waals surface area (Å²) in [5.74, 6) is -0.636. The van der Waals surface area contributed by atoms with E-state index in [9.17, 15) is 14.4 Å². The second-order valence-electron chi connectivity index (χ2n) is 6.68. The zero-order chi connectivity index (χ0) is 22.4. The molecular formula is C21H21ClN2O7. The summed E-state index contributed by atoms with van der Waals surface area (Å²) in [5.41, 5.74) is 5.12. The van der Waals surface area contributed by atoms with Crippen molar-refractivity contribution in [1.29, 1.82) is 0 Å². The maximum absolute atomic E-state index is 12.1. The fraction of sp³-hybridized carbons (Fsp3) is 0.286. The number of carbonyl (C=O) groups excluding carboxylic acids is 3. The first-order chi connectivity index (χ1) is 14.8. The lowest BCUT2D eigenvalue weighted by molar-refractivity contribution is -0.155. The van der Waals surface area contributed by atoms with Crippen LogP contribution >= 0.6 is 11.6 Å². The van der Waals surface area contributed by atoms with Crippen LogP contribution in [-0.2, 0) is 19.1 Å². The van der Waals surface area contributed by atoms with Gasteiger partial charge in [-0.1, -0.05) is 23.7 Å². The zero-order valence-corrected chi connectivity index (χ0v) is 17.6. The highest BCUT2D eigenvalue weighted by Gasteiger charge is 2.27. The van der Waals surface area contributed by atoms with Crippen molar-refractivity contribution in [2.45, 2.75) is 26.1 Å². The van der Waals surface area contributed by atoms with Crippen LogP contribution in [0, 0.1) is 6.92 Å². The molecule has 2 N–H and O–H groups in total. The molecule has 31 heavy (non-hydrogen) atoms. The Kier molecular flexibility index (Phi) is 7.19. The smallest absolute Gasteiger partial charge is 0.347 e. The first-order valence-corrected chi connectivity index (χ1v) is 9.78. The quantitative estimate of drug-likeness (QED) is 0.513. The Morgan fingerprint density at radius 2 is 1.90 bits per heavy atom. The largest absolute Gasteiger partial charge is 0.485 e. The van der Waals surface area contributed by atoms with Crippen LogP contribution in [0.15, 0.2) is 42.5 Å². The third kappa shape index (κ3) is 6.02. The molecule has 1 heterocycles. The molecule has 0 aromatic heterocycles. The van der Waals surface area contributed by atoms with E-state index in [1.165, 1.54) is 6.92 Å². The molecule has 2 amide bonds. The molecule has 0 fully saturated rings. The molecule has 0 aliphatic carbocycles. The normalized spacial score (nSPS) is 15.4. The van der Waals surface area contributed by atoms with Crippen molar-refractivity contribution < 1.29 is 33.3 Å². The maximum atomic E-state index is 12.1. The van der Waals surface area contributed by atoms with Crippen molar-refractivity contribution in [2.24, 2.45) is 0 Å². The third-order valence-electron chi connectivity index (χ3n) is 4.24. The number of aryl methyl sites for hydroxylation is 1. The standard InChI is InChI=1S/C21H21ClN2O7/c1-12-9-14(22)7-8-15(12)30-13(2)21(27)29-11-19(25)23-24-20(26)18-10-28-16-5-3-4-6-17(16)31-18/h3-9,13,18H,10-11H2,1-2H3,(H,23,25)(H,24,26). The summed E-state index contributed by atoms with van der Waals surface area (Å²) >= 11 is 5.89. The van der Waals surface area contributed by atoms with Crippen molar-refractivity contribution in [3.8, 4) is 17.2 Å². The minimum Gasteiger partial charge on any atom is -0.485 e. The number of benzene rings is 2. The van der Waals surface area contributed by atoms with Gasteiger partial charge in [0.15, 0.2) is 24.2 Å². The second kappa shape index (κ2) is 10.0. The van der Waals surface area contributed by atoms with Crippen molar-refractivity contribution in [3.63, 3.8) is 0 Å². The average Bonchev–Trinajstić information content (AvgIpc) is 2.77. The van der Waals surface area contributed by atoms with E-state index in [2.05, 4.69) is 10.9 Å². The van der Waals surface area contributed by atoms with Gasteiger partial charge in [0.2, 0.25) is 6.10 Å². The molecule has 10 heteroatoms. The molecule has 2 aromatic rings. The Morgan fingerprint density at radius 1 is 1.16 bits per heavy atom. The summed E-state index contributed by atoms with van der Waals surface area (Å²) in [5, 5.41) is 0.549. The maximum Gasteiger partial charge on any atom is 0.347 e. The molecule has 9 nitrogen and oxygen atoms in total. The summed E-state index contributed by atoms with van der Waals surface area (Å²) in [6.45, 7) is 2.67.